The first-order valence-electron chi connectivity index (χ1n) is 6.06. The number of hydrogen-bond acceptors (Lipinski definition) is 3. The first kappa shape index (κ1) is 14.2. The van der Waals surface area contributed by atoms with Crippen molar-refractivity contribution in [2.75, 3.05) is 13.7 Å². The number of hydrogen-bond donors (Lipinski definition) is 0. The van der Waals surface area contributed by atoms with Crippen LogP contribution in [-0.4, -0.2) is 30.4 Å². The van der Waals surface area contributed by atoms with Crippen molar-refractivity contribution in [2.24, 2.45) is 0 Å². The van der Waals surface area contributed by atoms with E-state index in [9.17, 15) is 9.59 Å². The molecule has 18 heavy (non-hydrogen) atoms. The molecule has 0 radical (unpaired) electrons. The van der Waals surface area contributed by atoms with Crippen molar-refractivity contribution in [1.82, 2.24) is 4.90 Å². The van der Waals surface area contributed by atoms with Crippen molar-refractivity contribution in [3.63, 3.8) is 0 Å². The molecule has 0 fully saturated rings. The fraction of sp³-hybridized carbons (Fsp3) is 0.429. The van der Waals surface area contributed by atoms with Gasteiger partial charge in [0.2, 0.25) is 5.91 Å². The van der Waals surface area contributed by atoms with Crippen LogP contribution in [0.2, 0.25) is 0 Å². The van der Waals surface area contributed by atoms with Crippen molar-refractivity contribution in [3.05, 3.63) is 35.9 Å². The van der Waals surface area contributed by atoms with Crippen LogP contribution < -0.4 is 0 Å². The standard InChI is InChI=1S/C14H19NO3/c1-3-13(16)15(10-9-14(17)18-2)11-12-7-5-4-6-8-12/h4-8H,3,9-11H2,1-2H3. The normalized spacial score (nSPS) is 9.89. The van der Waals surface area contributed by atoms with E-state index >= 15 is 0 Å². The van der Waals surface area contributed by atoms with Crippen molar-refractivity contribution >= 4 is 11.9 Å². The molecule has 0 aliphatic rings. The summed E-state index contributed by atoms with van der Waals surface area (Å²) in [5, 5.41) is 0. The van der Waals surface area contributed by atoms with E-state index in [2.05, 4.69) is 4.74 Å². The Morgan fingerprint density at radius 2 is 1.89 bits per heavy atom. The number of methoxy groups -OCH3 is 1. The monoisotopic (exact) mass is 249 g/mol. The third kappa shape index (κ3) is 4.57. The van der Waals surface area contributed by atoms with Crippen LogP contribution in [0.3, 0.4) is 0 Å². The maximum Gasteiger partial charge on any atom is 0.307 e. The highest BCUT2D eigenvalue weighted by molar-refractivity contribution is 5.77. The van der Waals surface area contributed by atoms with Crippen LogP contribution in [-0.2, 0) is 20.9 Å². The van der Waals surface area contributed by atoms with Gasteiger partial charge in [-0.25, -0.2) is 0 Å². The zero-order valence-electron chi connectivity index (χ0n) is 10.9. The maximum atomic E-state index is 11.8. The lowest BCUT2D eigenvalue weighted by Gasteiger charge is -2.21. The SMILES string of the molecule is CCC(=O)N(CCC(=O)OC)Cc1ccccc1. The predicted octanol–water partition coefficient (Wildman–Crippen LogP) is 1.99. The second-order valence-electron chi connectivity index (χ2n) is 3.98. The Kier molecular flexibility index (Phi) is 5.91. The van der Waals surface area contributed by atoms with Crippen molar-refractivity contribution in [2.45, 2.75) is 26.3 Å². The lowest BCUT2D eigenvalue weighted by atomic mass is 10.2. The van der Waals surface area contributed by atoms with E-state index in [1.165, 1.54) is 7.11 Å². The van der Waals surface area contributed by atoms with Crippen LogP contribution in [0.15, 0.2) is 30.3 Å². The Morgan fingerprint density at radius 3 is 2.44 bits per heavy atom. The number of amides is 1. The van der Waals surface area contributed by atoms with Crippen LogP contribution in [0.25, 0.3) is 0 Å². The summed E-state index contributed by atoms with van der Waals surface area (Å²) in [7, 11) is 1.35. The summed E-state index contributed by atoms with van der Waals surface area (Å²) in [4.78, 5) is 24.6. The molecule has 0 saturated carbocycles. The summed E-state index contributed by atoms with van der Waals surface area (Å²) in [5.41, 5.74) is 1.06. The number of benzene rings is 1. The van der Waals surface area contributed by atoms with Gasteiger partial charge in [0.05, 0.1) is 13.5 Å². The lowest BCUT2D eigenvalue weighted by Crippen LogP contribution is -2.32. The summed E-state index contributed by atoms with van der Waals surface area (Å²) < 4.78 is 4.59. The van der Waals surface area contributed by atoms with Gasteiger partial charge < -0.3 is 9.64 Å². The van der Waals surface area contributed by atoms with Gasteiger partial charge >= 0.3 is 5.97 Å². The quantitative estimate of drug-likeness (QED) is 0.724. The zero-order valence-corrected chi connectivity index (χ0v) is 10.9. The molecule has 0 spiro atoms. The predicted molar refractivity (Wildman–Crippen MR) is 68.8 cm³/mol. The van der Waals surface area contributed by atoms with Crippen LogP contribution in [0.4, 0.5) is 0 Å². The molecule has 4 heteroatoms. The number of carbonyl (C=O) groups excluding carboxylic acids is 2. The number of nitrogens with zero attached hydrogens (tertiary/aromatic N) is 1. The minimum absolute atomic E-state index is 0.0442. The average molecular weight is 249 g/mol. The average Bonchev–Trinajstić information content (AvgIpc) is 2.43. The summed E-state index contributed by atoms with van der Waals surface area (Å²) >= 11 is 0. The summed E-state index contributed by atoms with van der Waals surface area (Å²) in [6, 6.07) is 9.74. The minimum Gasteiger partial charge on any atom is -0.469 e. The van der Waals surface area contributed by atoms with Gasteiger partial charge in [-0.15, -0.1) is 0 Å². The molecule has 0 aromatic heterocycles. The molecule has 98 valence electrons. The summed E-state index contributed by atoms with van der Waals surface area (Å²) in [6.07, 6.45) is 0.670. The van der Waals surface area contributed by atoms with Gasteiger partial charge in [-0.1, -0.05) is 37.3 Å². The highest BCUT2D eigenvalue weighted by atomic mass is 16.5. The van der Waals surface area contributed by atoms with E-state index in [1.807, 2.05) is 37.3 Å². The molecule has 0 bridgehead atoms. The van der Waals surface area contributed by atoms with Gasteiger partial charge in [-0.3, -0.25) is 9.59 Å². The molecular formula is C14H19NO3. The van der Waals surface area contributed by atoms with Crippen LogP contribution in [0.1, 0.15) is 25.3 Å². The number of carbonyl (C=O) groups is 2. The van der Waals surface area contributed by atoms with E-state index in [4.69, 9.17) is 0 Å². The lowest BCUT2D eigenvalue weighted by molar-refractivity contribution is -0.141. The minimum atomic E-state index is -0.294. The molecule has 1 aromatic carbocycles. The fourth-order valence-electron chi connectivity index (χ4n) is 1.65. The molecule has 0 saturated heterocycles. The molecular weight excluding hydrogens is 230 g/mol. The summed E-state index contributed by atoms with van der Waals surface area (Å²) in [6.45, 7) is 2.75. The second-order valence-corrected chi connectivity index (χ2v) is 3.98. The zero-order chi connectivity index (χ0) is 13.4. The van der Waals surface area contributed by atoms with Gasteiger partial charge in [0, 0.05) is 19.5 Å². The molecule has 0 unspecified atom stereocenters. The van der Waals surface area contributed by atoms with Crippen molar-refractivity contribution < 1.29 is 14.3 Å². The molecule has 0 atom stereocenters. The number of ether oxygens (including phenoxy) is 1. The Bertz CT molecular complexity index is 389. The van der Waals surface area contributed by atoms with Crippen LogP contribution >= 0.6 is 0 Å². The third-order valence-corrected chi connectivity index (χ3v) is 2.68. The Morgan fingerprint density at radius 1 is 1.22 bits per heavy atom. The second kappa shape index (κ2) is 7.48. The van der Waals surface area contributed by atoms with E-state index in [1.54, 1.807) is 4.90 Å². The molecule has 0 aliphatic carbocycles. The third-order valence-electron chi connectivity index (χ3n) is 2.68. The molecule has 0 heterocycles. The first-order valence-corrected chi connectivity index (χ1v) is 6.06. The van der Waals surface area contributed by atoms with E-state index < -0.39 is 0 Å². The highest BCUT2D eigenvalue weighted by Crippen LogP contribution is 2.07. The van der Waals surface area contributed by atoms with Gasteiger partial charge in [0.25, 0.3) is 0 Å². The van der Waals surface area contributed by atoms with Gasteiger partial charge in [0.1, 0.15) is 0 Å². The van der Waals surface area contributed by atoms with Gasteiger partial charge in [0.15, 0.2) is 0 Å². The van der Waals surface area contributed by atoms with E-state index in [0.717, 1.165) is 5.56 Å². The van der Waals surface area contributed by atoms with Crippen molar-refractivity contribution in [1.29, 1.82) is 0 Å². The molecule has 1 aromatic rings. The van der Waals surface area contributed by atoms with Crippen LogP contribution in [0.5, 0.6) is 0 Å². The largest absolute Gasteiger partial charge is 0.469 e. The fourth-order valence-corrected chi connectivity index (χ4v) is 1.65. The number of esters is 1. The molecule has 1 amide bonds. The Balaban J connectivity index is 2.61. The molecule has 1 rings (SSSR count). The van der Waals surface area contributed by atoms with E-state index in [0.29, 0.717) is 19.5 Å². The Hall–Kier alpha value is -1.84. The smallest absolute Gasteiger partial charge is 0.307 e. The van der Waals surface area contributed by atoms with Gasteiger partial charge in [-0.2, -0.15) is 0 Å². The highest BCUT2D eigenvalue weighted by Gasteiger charge is 2.13. The number of rotatable bonds is 6. The topological polar surface area (TPSA) is 46.6 Å². The molecule has 4 nitrogen and oxygen atoms in total. The van der Waals surface area contributed by atoms with Crippen molar-refractivity contribution in [3.8, 4) is 0 Å². The maximum absolute atomic E-state index is 11.8. The molecule has 0 aliphatic heterocycles. The van der Waals surface area contributed by atoms with Gasteiger partial charge in [-0.05, 0) is 5.56 Å². The summed E-state index contributed by atoms with van der Waals surface area (Å²) in [5.74, 6) is -0.250. The first-order chi connectivity index (χ1) is 8.67. The molecule has 0 N–H and O–H groups in total. The van der Waals surface area contributed by atoms with E-state index in [-0.39, 0.29) is 18.3 Å². The Labute approximate surface area is 108 Å². The van der Waals surface area contributed by atoms with Crippen LogP contribution in [0, 0.1) is 0 Å².